The van der Waals surface area contributed by atoms with Gasteiger partial charge >= 0.3 is 0 Å². The van der Waals surface area contributed by atoms with E-state index in [1.807, 2.05) is 30.3 Å². The van der Waals surface area contributed by atoms with Gasteiger partial charge in [-0.2, -0.15) is 5.10 Å². The van der Waals surface area contributed by atoms with Crippen molar-refractivity contribution in [1.82, 2.24) is 9.99 Å². The number of aromatic nitrogens is 1. The molecule has 0 aliphatic carbocycles. The Morgan fingerprint density at radius 3 is 2.56 bits per heavy atom. The van der Waals surface area contributed by atoms with Crippen molar-refractivity contribution in [2.45, 2.75) is 26.8 Å². The first-order chi connectivity index (χ1) is 13.2. The third kappa shape index (κ3) is 5.05. The van der Waals surface area contributed by atoms with E-state index < -0.39 is 0 Å². The van der Waals surface area contributed by atoms with Crippen LogP contribution in [0, 0.1) is 6.92 Å². The third-order valence-electron chi connectivity index (χ3n) is 4.48. The largest absolute Gasteiger partial charge is 0.342 e. The molecule has 1 aromatic heterocycles. The van der Waals surface area contributed by atoms with E-state index in [0.717, 1.165) is 24.3 Å². The van der Waals surface area contributed by atoms with Crippen LogP contribution in [0.2, 0.25) is 0 Å². The zero-order chi connectivity index (χ0) is 19.1. The molecule has 3 rings (SSSR count). The van der Waals surface area contributed by atoms with Crippen molar-refractivity contribution in [2.75, 3.05) is 5.32 Å². The van der Waals surface area contributed by atoms with Crippen LogP contribution < -0.4 is 10.7 Å². The maximum absolute atomic E-state index is 5.35. The second-order valence-electron chi connectivity index (χ2n) is 6.32. The van der Waals surface area contributed by atoms with Crippen LogP contribution in [-0.2, 0) is 13.0 Å². The summed E-state index contributed by atoms with van der Waals surface area (Å²) in [7, 11) is 0. The number of nitrogens with zero attached hydrogens (tertiary/aromatic N) is 2. The number of thiocarbonyl (C=S) groups is 1. The van der Waals surface area contributed by atoms with Crippen molar-refractivity contribution >= 4 is 29.2 Å². The highest BCUT2D eigenvalue weighted by molar-refractivity contribution is 7.80. The van der Waals surface area contributed by atoms with Gasteiger partial charge in [0, 0.05) is 18.4 Å². The molecule has 0 fully saturated rings. The number of benzene rings is 2. The minimum absolute atomic E-state index is 0.476. The molecule has 0 amide bonds. The number of para-hydroxylation sites is 1. The Balaban J connectivity index is 1.61. The Labute approximate surface area is 165 Å². The summed E-state index contributed by atoms with van der Waals surface area (Å²) in [4.78, 5) is 0. The molecule has 0 saturated heterocycles. The maximum Gasteiger partial charge on any atom is 0.191 e. The van der Waals surface area contributed by atoms with E-state index in [2.05, 4.69) is 70.8 Å². The number of aryl methyl sites for hydroxylation is 2. The standard InChI is InChI=1S/C22H24N4S/c1-3-18-10-6-7-13-21(18)24-22(27)25-23-15-20-12-8-14-26(20)16-19-11-5-4-9-17(19)2/h4-15H,3,16H2,1-2H3,(H2,24,25,27)/b23-15+. The molecule has 0 bridgehead atoms. The average molecular weight is 377 g/mol. The fraction of sp³-hybridized carbons (Fsp3) is 0.182. The van der Waals surface area contributed by atoms with Crippen molar-refractivity contribution < 1.29 is 0 Å². The van der Waals surface area contributed by atoms with Gasteiger partial charge in [0.2, 0.25) is 0 Å². The summed E-state index contributed by atoms with van der Waals surface area (Å²) in [5.41, 5.74) is 8.73. The number of rotatable bonds is 6. The lowest BCUT2D eigenvalue weighted by Gasteiger charge is -2.11. The Morgan fingerprint density at radius 2 is 1.78 bits per heavy atom. The molecule has 1 heterocycles. The number of anilines is 1. The van der Waals surface area contributed by atoms with Crippen LogP contribution in [-0.4, -0.2) is 15.9 Å². The molecule has 27 heavy (non-hydrogen) atoms. The Hall–Kier alpha value is -2.92. The van der Waals surface area contributed by atoms with Crippen LogP contribution in [0.3, 0.4) is 0 Å². The van der Waals surface area contributed by atoms with Gasteiger partial charge in [0.15, 0.2) is 5.11 Å². The van der Waals surface area contributed by atoms with E-state index in [-0.39, 0.29) is 0 Å². The van der Waals surface area contributed by atoms with E-state index in [1.54, 1.807) is 6.21 Å². The summed E-state index contributed by atoms with van der Waals surface area (Å²) in [5, 5.41) is 7.97. The quantitative estimate of drug-likeness (QED) is 0.371. The smallest absolute Gasteiger partial charge is 0.191 e. The number of nitrogens with one attached hydrogen (secondary N) is 2. The summed E-state index contributed by atoms with van der Waals surface area (Å²) < 4.78 is 2.16. The van der Waals surface area contributed by atoms with Gasteiger partial charge in [-0.1, -0.05) is 49.4 Å². The van der Waals surface area contributed by atoms with Crippen LogP contribution in [0.15, 0.2) is 72.0 Å². The lowest BCUT2D eigenvalue weighted by atomic mass is 10.1. The molecule has 2 aromatic carbocycles. The van der Waals surface area contributed by atoms with Crippen LogP contribution in [0.1, 0.15) is 29.3 Å². The Morgan fingerprint density at radius 1 is 1.04 bits per heavy atom. The van der Waals surface area contributed by atoms with Gasteiger partial charge in [-0.3, -0.25) is 5.43 Å². The average Bonchev–Trinajstić information content (AvgIpc) is 3.11. The van der Waals surface area contributed by atoms with Crippen molar-refractivity contribution in [3.05, 3.63) is 89.2 Å². The van der Waals surface area contributed by atoms with Crippen LogP contribution in [0.25, 0.3) is 0 Å². The zero-order valence-electron chi connectivity index (χ0n) is 15.6. The van der Waals surface area contributed by atoms with E-state index in [4.69, 9.17) is 12.2 Å². The van der Waals surface area contributed by atoms with Crippen molar-refractivity contribution in [3.8, 4) is 0 Å². The first-order valence-corrected chi connectivity index (χ1v) is 9.46. The summed E-state index contributed by atoms with van der Waals surface area (Å²) >= 11 is 5.35. The summed E-state index contributed by atoms with van der Waals surface area (Å²) in [6.45, 7) is 5.07. The van der Waals surface area contributed by atoms with Crippen LogP contribution >= 0.6 is 12.2 Å². The maximum atomic E-state index is 5.35. The lowest BCUT2D eigenvalue weighted by molar-refractivity contribution is 0.793. The first-order valence-electron chi connectivity index (χ1n) is 9.05. The van der Waals surface area contributed by atoms with Gasteiger partial charge in [0.1, 0.15) is 0 Å². The van der Waals surface area contributed by atoms with Gasteiger partial charge in [-0.15, -0.1) is 0 Å². The Bertz CT molecular complexity index is 943. The highest BCUT2D eigenvalue weighted by Crippen LogP contribution is 2.15. The van der Waals surface area contributed by atoms with Gasteiger partial charge in [-0.05, 0) is 60.5 Å². The molecule has 0 atom stereocenters. The van der Waals surface area contributed by atoms with Gasteiger partial charge in [0.25, 0.3) is 0 Å². The molecule has 0 aliphatic heterocycles. The monoisotopic (exact) mass is 376 g/mol. The molecule has 4 nitrogen and oxygen atoms in total. The second kappa shape index (κ2) is 9.14. The molecule has 138 valence electrons. The predicted octanol–water partition coefficient (Wildman–Crippen LogP) is 4.73. The third-order valence-corrected chi connectivity index (χ3v) is 4.67. The highest BCUT2D eigenvalue weighted by atomic mass is 32.1. The van der Waals surface area contributed by atoms with Gasteiger partial charge in [-0.25, -0.2) is 0 Å². The molecular formula is C22H24N4S. The molecule has 0 spiro atoms. The van der Waals surface area contributed by atoms with Gasteiger partial charge in [0.05, 0.1) is 11.9 Å². The molecule has 0 aliphatic rings. The molecule has 3 aromatic rings. The first kappa shape index (κ1) is 18.9. The summed E-state index contributed by atoms with van der Waals surface area (Å²) in [6.07, 6.45) is 4.79. The zero-order valence-corrected chi connectivity index (χ0v) is 16.5. The molecule has 0 saturated carbocycles. The van der Waals surface area contributed by atoms with Crippen LogP contribution in [0.4, 0.5) is 5.69 Å². The van der Waals surface area contributed by atoms with Crippen molar-refractivity contribution in [1.29, 1.82) is 0 Å². The predicted molar refractivity (Wildman–Crippen MR) is 117 cm³/mol. The van der Waals surface area contributed by atoms with Crippen LogP contribution in [0.5, 0.6) is 0 Å². The number of hydrazone groups is 1. The van der Waals surface area contributed by atoms with Gasteiger partial charge < -0.3 is 9.88 Å². The highest BCUT2D eigenvalue weighted by Gasteiger charge is 2.03. The summed E-state index contributed by atoms with van der Waals surface area (Å²) in [6, 6.07) is 20.6. The molecule has 0 unspecified atom stereocenters. The van der Waals surface area contributed by atoms with E-state index in [0.29, 0.717) is 5.11 Å². The number of hydrogen-bond donors (Lipinski definition) is 2. The minimum Gasteiger partial charge on any atom is -0.342 e. The Kier molecular flexibility index (Phi) is 6.39. The normalized spacial score (nSPS) is 10.9. The van der Waals surface area contributed by atoms with E-state index >= 15 is 0 Å². The summed E-state index contributed by atoms with van der Waals surface area (Å²) in [5.74, 6) is 0. The fourth-order valence-corrected chi connectivity index (χ4v) is 3.08. The van der Waals surface area contributed by atoms with Crippen molar-refractivity contribution in [3.63, 3.8) is 0 Å². The van der Waals surface area contributed by atoms with E-state index in [1.165, 1.54) is 16.7 Å². The fourth-order valence-electron chi connectivity index (χ4n) is 2.92. The topological polar surface area (TPSA) is 41.4 Å². The minimum atomic E-state index is 0.476. The molecular weight excluding hydrogens is 352 g/mol. The lowest BCUT2D eigenvalue weighted by Crippen LogP contribution is -2.24. The number of hydrogen-bond acceptors (Lipinski definition) is 2. The SMILES string of the molecule is CCc1ccccc1NC(=S)N/N=C/c1cccn1Cc1ccccc1C. The molecule has 2 N–H and O–H groups in total. The van der Waals surface area contributed by atoms with Crippen molar-refractivity contribution in [2.24, 2.45) is 5.10 Å². The molecule has 5 heteroatoms. The van der Waals surface area contributed by atoms with E-state index in [9.17, 15) is 0 Å². The molecule has 0 radical (unpaired) electrons. The second-order valence-corrected chi connectivity index (χ2v) is 6.73.